The molecule has 0 bridgehead atoms. The molecule has 1 heterocycles. The van der Waals surface area contributed by atoms with Crippen molar-refractivity contribution < 1.29 is 19.1 Å². The molecule has 0 atom stereocenters. The molecule has 0 aromatic carbocycles. The maximum absolute atomic E-state index is 11.1. The minimum atomic E-state index is -0.641. The molecular formula is C8H13NO4. The summed E-state index contributed by atoms with van der Waals surface area (Å²) >= 11 is 0. The number of amides is 2. The van der Waals surface area contributed by atoms with Crippen LogP contribution in [0.25, 0.3) is 0 Å². The predicted molar refractivity (Wildman–Crippen MR) is 44.3 cm³/mol. The quantitative estimate of drug-likeness (QED) is 0.622. The Morgan fingerprint density at radius 1 is 1.69 bits per heavy atom. The van der Waals surface area contributed by atoms with Crippen LogP contribution in [0.4, 0.5) is 9.59 Å². The Morgan fingerprint density at radius 3 is 2.69 bits per heavy atom. The van der Waals surface area contributed by atoms with E-state index >= 15 is 0 Å². The molecular weight excluding hydrogens is 174 g/mol. The number of rotatable bonds is 1. The molecule has 0 aromatic rings. The van der Waals surface area contributed by atoms with Crippen LogP contribution in [-0.2, 0) is 9.47 Å². The van der Waals surface area contributed by atoms with Crippen molar-refractivity contribution in [3.63, 3.8) is 0 Å². The zero-order valence-corrected chi connectivity index (χ0v) is 7.99. The molecule has 5 nitrogen and oxygen atoms in total. The van der Waals surface area contributed by atoms with E-state index in [1.54, 1.807) is 20.8 Å². The molecule has 0 unspecified atom stereocenters. The lowest BCUT2D eigenvalue weighted by molar-refractivity contribution is 0.0852. The Hall–Kier alpha value is -1.26. The third kappa shape index (κ3) is 2.11. The zero-order valence-electron chi connectivity index (χ0n) is 7.99. The van der Waals surface area contributed by atoms with Gasteiger partial charge in [0.05, 0.1) is 13.2 Å². The van der Waals surface area contributed by atoms with Crippen molar-refractivity contribution in [1.82, 2.24) is 4.90 Å². The average Bonchev–Trinajstić information content (AvgIpc) is 2.25. The first kappa shape index (κ1) is 9.83. The lowest BCUT2D eigenvalue weighted by Gasteiger charge is -2.13. The number of hydrogen-bond acceptors (Lipinski definition) is 4. The van der Waals surface area contributed by atoms with Crippen LogP contribution in [0.5, 0.6) is 0 Å². The summed E-state index contributed by atoms with van der Waals surface area (Å²) in [4.78, 5) is 23.2. The molecule has 0 aromatic heterocycles. The van der Waals surface area contributed by atoms with Crippen molar-refractivity contribution >= 4 is 12.2 Å². The van der Waals surface area contributed by atoms with Gasteiger partial charge in [-0.25, -0.2) is 14.5 Å². The van der Waals surface area contributed by atoms with Crippen molar-refractivity contribution in [1.29, 1.82) is 0 Å². The number of carbonyl (C=O) groups excluding carboxylic acids is 2. The summed E-state index contributed by atoms with van der Waals surface area (Å²) in [5.74, 6) is 0. The smallest absolute Gasteiger partial charge is 0.420 e. The number of carbonyl (C=O) groups is 2. The highest BCUT2D eigenvalue weighted by Crippen LogP contribution is 2.21. The maximum atomic E-state index is 11.1. The molecule has 2 amide bonds. The Balaban J connectivity index is 2.63. The second kappa shape index (κ2) is 3.24. The van der Waals surface area contributed by atoms with Gasteiger partial charge in [0, 0.05) is 0 Å². The van der Waals surface area contributed by atoms with Gasteiger partial charge in [0.15, 0.2) is 0 Å². The van der Waals surface area contributed by atoms with Gasteiger partial charge in [0.1, 0.15) is 5.60 Å². The molecule has 0 radical (unpaired) electrons. The largest absolute Gasteiger partial charge is 0.449 e. The molecule has 5 heteroatoms. The number of nitrogens with zero attached hydrogens (tertiary/aromatic N) is 1. The van der Waals surface area contributed by atoms with Gasteiger partial charge in [0.25, 0.3) is 0 Å². The average molecular weight is 187 g/mol. The van der Waals surface area contributed by atoms with Crippen molar-refractivity contribution in [2.24, 2.45) is 0 Å². The minimum Gasteiger partial charge on any atom is -0.449 e. The summed E-state index contributed by atoms with van der Waals surface area (Å²) in [5.41, 5.74) is -0.607. The van der Waals surface area contributed by atoms with E-state index in [1.807, 2.05) is 0 Å². The summed E-state index contributed by atoms with van der Waals surface area (Å²) in [6.07, 6.45) is -1.28. The van der Waals surface area contributed by atoms with Crippen LogP contribution in [-0.4, -0.2) is 35.8 Å². The lowest BCUT2D eigenvalue weighted by atomic mass is 10.1. The molecule has 74 valence electrons. The summed E-state index contributed by atoms with van der Waals surface area (Å²) in [6, 6.07) is 0. The van der Waals surface area contributed by atoms with Gasteiger partial charge in [-0.2, -0.15) is 0 Å². The predicted octanol–water partition coefficient (Wildman–Crippen LogP) is 1.37. The van der Waals surface area contributed by atoms with Gasteiger partial charge in [-0.05, 0) is 20.8 Å². The SMILES string of the molecule is CCOC(=O)N1CC(C)(C)OC1=O. The highest BCUT2D eigenvalue weighted by Gasteiger charge is 2.41. The molecule has 1 aliphatic heterocycles. The molecule has 1 rings (SSSR count). The van der Waals surface area contributed by atoms with Crippen LogP contribution < -0.4 is 0 Å². The van der Waals surface area contributed by atoms with Crippen LogP contribution >= 0.6 is 0 Å². The fraction of sp³-hybridized carbons (Fsp3) is 0.750. The number of imide groups is 1. The normalized spacial score (nSPS) is 19.9. The topological polar surface area (TPSA) is 55.8 Å². The Bertz CT molecular complexity index is 236. The molecule has 0 spiro atoms. The molecule has 0 N–H and O–H groups in total. The van der Waals surface area contributed by atoms with E-state index in [0.29, 0.717) is 0 Å². The van der Waals surface area contributed by atoms with E-state index < -0.39 is 17.8 Å². The second-order valence-electron chi connectivity index (χ2n) is 3.41. The molecule has 0 saturated carbocycles. The second-order valence-corrected chi connectivity index (χ2v) is 3.41. The van der Waals surface area contributed by atoms with E-state index in [0.717, 1.165) is 4.90 Å². The van der Waals surface area contributed by atoms with E-state index in [2.05, 4.69) is 4.74 Å². The van der Waals surface area contributed by atoms with Crippen LogP contribution in [0, 0.1) is 0 Å². The zero-order chi connectivity index (χ0) is 10.1. The van der Waals surface area contributed by atoms with Crippen molar-refractivity contribution in [3.8, 4) is 0 Å². The highest BCUT2D eigenvalue weighted by atomic mass is 16.6. The van der Waals surface area contributed by atoms with E-state index in [9.17, 15) is 9.59 Å². The van der Waals surface area contributed by atoms with Gasteiger partial charge in [-0.1, -0.05) is 0 Å². The van der Waals surface area contributed by atoms with Crippen LogP contribution in [0.3, 0.4) is 0 Å². The number of cyclic esters (lactones) is 1. The first-order chi connectivity index (χ1) is 5.96. The summed E-state index contributed by atoms with van der Waals surface area (Å²) in [7, 11) is 0. The van der Waals surface area contributed by atoms with Gasteiger partial charge < -0.3 is 9.47 Å². The Kier molecular flexibility index (Phi) is 2.45. The van der Waals surface area contributed by atoms with Gasteiger partial charge in [-0.3, -0.25) is 0 Å². The Morgan fingerprint density at radius 2 is 2.31 bits per heavy atom. The third-order valence-electron chi connectivity index (χ3n) is 1.61. The summed E-state index contributed by atoms with van der Waals surface area (Å²) < 4.78 is 9.59. The van der Waals surface area contributed by atoms with E-state index in [1.165, 1.54) is 0 Å². The van der Waals surface area contributed by atoms with Crippen LogP contribution in [0.2, 0.25) is 0 Å². The molecule has 13 heavy (non-hydrogen) atoms. The van der Waals surface area contributed by atoms with Gasteiger partial charge in [0.2, 0.25) is 0 Å². The van der Waals surface area contributed by atoms with Crippen molar-refractivity contribution in [3.05, 3.63) is 0 Å². The van der Waals surface area contributed by atoms with Gasteiger partial charge in [-0.15, -0.1) is 0 Å². The summed E-state index contributed by atoms with van der Waals surface area (Å²) in [6.45, 7) is 5.66. The highest BCUT2D eigenvalue weighted by molar-refractivity contribution is 5.89. The first-order valence-electron chi connectivity index (χ1n) is 4.13. The fourth-order valence-corrected chi connectivity index (χ4v) is 1.11. The molecule has 1 saturated heterocycles. The van der Waals surface area contributed by atoms with E-state index in [4.69, 9.17) is 4.74 Å². The minimum absolute atomic E-state index is 0.241. The molecule has 0 aliphatic carbocycles. The lowest BCUT2D eigenvalue weighted by Crippen LogP contribution is -2.34. The first-order valence-corrected chi connectivity index (χ1v) is 4.13. The monoisotopic (exact) mass is 187 g/mol. The van der Waals surface area contributed by atoms with Crippen molar-refractivity contribution in [2.75, 3.05) is 13.2 Å². The molecule has 1 fully saturated rings. The standard InChI is InChI=1S/C8H13NO4/c1-4-12-6(10)9-5-8(2,3)13-7(9)11/h4-5H2,1-3H3. The van der Waals surface area contributed by atoms with Crippen LogP contribution in [0.1, 0.15) is 20.8 Å². The van der Waals surface area contributed by atoms with Crippen LogP contribution in [0.15, 0.2) is 0 Å². The number of ether oxygens (including phenoxy) is 2. The molecule has 1 aliphatic rings. The number of hydrogen-bond donors (Lipinski definition) is 0. The van der Waals surface area contributed by atoms with Gasteiger partial charge >= 0.3 is 12.2 Å². The Labute approximate surface area is 76.6 Å². The van der Waals surface area contributed by atoms with Crippen molar-refractivity contribution in [2.45, 2.75) is 26.4 Å². The fourth-order valence-electron chi connectivity index (χ4n) is 1.11. The summed E-state index contributed by atoms with van der Waals surface area (Å²) in [5, 5.41) is 0. The van der Waals surface area contributed by atoms with E-state index in [-0.39, 0.29) is 13.2 Å². The maximum Gasteiger partial charge on any atom is 0.420 e. The third-order valence-corrected chi connectivity index (χ3v) is 1.61.